The van der Waals surface area contributed by atoms with Crippen LogP contribution in [0.25, 0.3) is 0 Å². The van der Waals surface area contributed by atoms with Gasteiger partial charge in [0.05, 0.1) is 7.11 Å². The van der Waals surface area contributed by atoms with Crippen LogP contribution in [0.15, 0.2) is 18.2 Å². The highest BCUT2D eigenvalue weighted by Gasteiger charge is 2.23. The standard InChI is InChI=1S/C14H22N2O2/c1-10-6-7-16(9-12(10)15)8-11-4-3-5-13(18-2)14(11)17/h3-5,10,12,17H,6-9,15H2,1-2H3. The van der Waals surface area contributed by atoms with E-state index in [1.165, 1.54) is 0 Å². The number of piperidine rings is 1. The molecular weight excluding hydrogens is 228 g/mol. The van der Waals surface area contributed by atoms with Crippen LogP contribution in [0.1, 0.15) is 18.9 Å². The molecule has 2 atom stereocenters. The Kier molecular flexibility index (Phi) is 4.09. The topological polar surface area (TPSA) is 58.7 Å². The molecule has 4 heteroatoms. The number of phenols is 1. The Morgan fingerprint density at radius 2 is 2.28 bits per heavy atom. The van der Waals surface area contributed by atoms with Crippen LogP contribution in [0.5, 0.6) is 11.5 Å². The van der Waals surface area contributed by atoms with E-state index in [0.717, 1.165) is 31.6 Å². The van der Waals surface area contributed by atoms with Gasteiger partial charge in [0, 0.05) is 24.7 Å². The van der Waals surface area contributed by atoms with Crippen molar-refractivity contribution < 1.29 is 9.84 Å². The Morgan fingerprint density at radius 1 is 1.50 bits per heavy atom. The van der Waals surface area contributed by atoms with E-state index in [0.29, 0.717) is 11.7 Å². The predicted octanol–water partition coefficient (Wildman–Crippen LogP) is 1.57. The molecule has 4 nitrogen and oxygen atoms in total. The average molecular weight is 250 g/mol. The van der Waals surface area contributed by atoms with Gasteiger partial charge < -0.3 is 15.6 Å². The van der Waals surface area contributed by atoms with Crippen LogP contribution in [0.4, 0.5) is 0 Å². The third-order valence-electron chi connectivity index (χ3n) is 3.80. The first-order valence-electron chi connectivity index (χ1n) is 6.44. The minimum absolute atomic E-state index is 0.228. The first kappa shape index (κ1) is 13.2. The molecule has 2 unspecified atom stereocenters. The monoisotopic (exact) mass is 250 g/mol. The van der Waals surface area contributed by atoms with Crippen molar-refractivity contribution in [3.05, 3.63) is 23.8 Å². The van der Waals surface area contributed by atoms with Crippen molar-refractivity contribution in [1.82, 2.24) is 4.90 Å². The van der Waals surface area contributed by atoms with Gasteiger partial charge in [-0.3, -0.25) is 4.90 Å². The summed E-state index contributed by atoms with van der Waals surface area (Å²) in [4.78, 5) is 2.29. The van der Waals surface area contributed by atoms with Gasteiger partial charge in [0.1, 0.15) is 0 Å². The van der Waals surface area contributed by atoms with Gasteiger partial charge in [-0.25, -0.2) is 0 Å². The molecule has 0 aromatic heterocycles. The number of nitrogens with two attached hydrogens (primary N) is 1. The van der Waals surface area contributed by atoms with E-state index < -0.39 is 0 Å². The van der Waals surface area contributed by atoms with Gasteiger partial charge in [0.2, 0.25) is 0 Å². The highest BCUT2D eigenvalue weighted by atomic mass is 16.5. The van der Waals surface area contributed by atoms with Gasteiger partial charge in [0.25, 0.3) is 0 Å². The average Bonchev–Trinajstić information content (AvgIpc) is 2.36. The third-order valence-corrected chi connectivity index (χ3v) is 3.80. The SMILES string of the molecule is COc1cccc(CN2CCC(C)C(N)C2)c1O. The van der Waals surface area contributed by atoms with Crippen LogP contribution < -0.4 is 10.5 Å². The van der Waals surface area contributed by atoms with E-state index >= 15 is 0 Å². The van der Waals surface area contributed by atoms with Crippen LogP contribution >= 0.6 is 0 Å². The molecule has 18 heavy (non-hydrogen) atoms. The van der Waals surface area contributed by atoms with Gasteiger partial charge in [-0.05, 0) is 24.9 Å². The summed E-state index contributed by atoms with van der Waals surface area (Å²) in [6, 6.07) is 5.83. The lowest BCUT2D eigenvalue weighted by molar-refractivity contribution is 0.160. The highest BCUT2D eigenvalue weighted by molar-refractivity contribution is 5.45. The Balaban J connectivity index is 2.06. The second-order valence-electron chi connectivity index (χ2n) is 5.13. The molecule has 1 saturated heterocycles. The van der Waals surface area contributed by atoms with Gasteiger partial charge in [0.15, 0.2) is 11.5 Å². The molecule has 0 saturated carbocycles. The van der Waals surface area contributed by atoms with Gasteiger partial charge in [-0.2, -0.15) is 0 Å². The van der Waals surface area contributed by atoms with Gasteiger partial charge in [-0.15, -0.1) is 0 Å². The minimum atomic E-state index is 0.228. The quantitative estimate of drug-likeness (QED) is 0.855. The maximum Gasteiger partial charge on any atom is 0.162 e. The molecule has 0 amide bonds. The number of hydrogen-bond donors (Lipinski definition) is 2. The lowest BCUT2D eigenvalue weighted by Crippen LogP contribution is -2.47. The molecular formula is C14H22N2O2. The van der Waals surface area contributed by atoms with Gasteiger partial charge in [-0.1, -0.05) is 19.1 Å². The minimum Gasteiger partial charge on any atom is -0.504 e. The lowest BCUT2D eigenvalue weighted by atomic mass is 9.94. The zero-order valence-electron chi connectivity index (χ0n) is 11.1. The number of phenolic OH excluding ortho intramolecular Hbond substituents is 1. The molecule has 0 spiro atoms. The molecule has 0 bridgehead atoms. The van der Waals surface area contributed by atoms with Gasteiger partial charge >= 0.3 is 0 Å². The van der Waals surface area contributed by atoms with Crippen molar-refractivity contribution in [2.24, 2.45) is 11.7 Å². The summed E-state index contributed by atoms with van der Waals surface area (Å²) < 4.78 is 5.12. The number of rotatable bonds is 3. The summed E-state index contributed by atoms with van der Waals surface area (Å²) in [7, 11) is 1.57. The van der Waals surface area contributed by atoms with Crippen molar-refractivity contribution in [2.75, 3.05) is 20.2 Å². The number of benzene rings is 1. The molecule has 2 rings (SSSR count). The van der Waals surface area contributed by atoms with E-state index in [2.05, 4.69) is 11.8 Å². The number of aromatic hydroxyl groups is 1. The van der Waals surface area contributed by atoms with E-state index in [4.69, 9.17) is 10.5 Å². The first-order valence-corrected chi connectivity index (χ1v) is 6.44. The molecule has 0 aliphatic carbocycles. The van der Waals surface area contributed by atoms with Crippen molar-refractivity contribution in [2.45, 2.75) is 25.9 Å². The predicted molar refractivity (Wildman–Crippen MR) is 71.7 cm³/mol. The van der Waals surface area contributed by atoms with E-state index in [-0.39, 0.29) is 11.8 Å². The fourth-order valence-electron chi connectivity index (χ4n) is 2.41. The summed E-state index contributed by atoms with van der Waals surface area (Å²) in [6.45, 7) is 4.85. The number of nitrogens with zero attached hydrogens (tertiary/aromatic N) is 1. The molecule has 1 aromatic carbocycles. The van der Waals surface area contributed by atoms with E-state index in [1.807, 2.05) is 12.1 Å². The summed E-state index contributed by atoms with van der Waals surface area (Å²) in [5.74, 6) is 1.36. The number of ether oxygens (including phenoxy) is 1. The van der Waals surface area contributed by atoms with Crippen molar-refractivity contribution in [3.8, 4) is 11.5 Å². The van der Waals surface area contributed by atoms with Crippen molar-refractivity contribution in [1.29, 1.82) is 0 Å². The summed E-state index contributed by atoms with van der Waals surface area (Å²) in [6.07, 6.45) is 1.12. The Morgan fingerprint density at radius 3 is 2.94 bits per heavy atom. The highest BCUT2D eigenvalue weighted by Crippen LogP contribution is 2.30. The van der Waals surface area contributed by atoms with Crippen LogP contribution in [-0.2, 0) is 6.54 Å². The molecule has 1 aliphatic heterocycles. The van der Waals surface area contributed by atoms with Crippen LogP contribution in [0.2, 0.25) is 0 Å². The lowest BCUT2D eigenvalue weighted by Gasteiger charge is -2.35. The molecule has 100 valence electrons. The molecule has 1 aromatic rings. The fraction of sp³-hybridized carbons (Fsp3) is 0.571. The summed E-state index contributed by atoms with van der Waals surface area (Å²) in [5.41, 5.74) is 6.99. The van der Waals surface area contributed by atoms with Crippen LogP contribution in [-0.4, -0.2) is 36.2 Å². The number of para-hydroxylation sites is 1. The van der Waals surface area contributed by atoms with E-state index in [1.54, 1.807) is 13.2 Å². The number of hydrogen-bond acceptors (Lipinski definition) is 4. The molecule has 3 N–H and O–H groups in total. The Labute approximate surface area is 108 Å². The maximum atomic E-state index is 10.1. The fourth-order valence-corrected chi connectivity index (χ4v) is 2.41. The Bertz CT molecular complexity index is 409. The number of methoxy groups -OCH3 is 1. The molecule has 0 radical (unpaired) electrons. The van der Waals surface area contributed by atoms with Crippen molar-refractivity contribution in [3.63, 3.8) is 0 Å². The second kappa shape index (κ2) is 5.59. The van der Waals surface area contributed by atoms with E-state index in [9.17, 15) is 5.11 Å². The molecule has 1 heterocycles. The summed E-state index contributed by atoms with van der Waals surface area (Å²) >= 11 is 0. The first-order chi connectivity index (χ1) is 8.61. The molecule has 1 fully saturated rings. The third kappa shape index (κ3) is 2.76. The zero-order valence-corrected chi connectivity index (χ0v) is 11.1. The maximum absolute atomic E-state index is 10.1. The second-order valence-corrected chi connectivity index (χ2v) is 5.13. The Hall–Kier alpha value is -1.26. The number of likely N-dealkylation sites (tertiary alicyclic amines) is 1. The normalized spacial score (nSPS) is 25.1. The smallest absolute Gasteiger partial charge is 0.162 e. The van der Waals surface area contributed by atoms with Crippen molar-refractivity contribution >= 4 is 0 Å². The molecule has 1 aliphatic rings. The summed E-state index contributed by atoms with van der Waals surface area (Å²) in [5, 5.41) is 10.1. The largest absolute Gasteiger partial charge is 0.504 e. The van der Waals surface area contributed by atoms with Crippen LogP contribution in [0.3, 0.4) is 0 Å². The van der Waals surface area contributed by atoms with Crippen LogP contribution in [0, 0.1) is 5.92 Å². The zero-order chi connectivity index (χ0) is 13.1.